The predicted molar refractivity (Wildman–Crippen MR) is 79.1 cm³/mol. The first-order valence-electron chi connectivity index (χ1n) is 6.27. The van der Waals surface area contributed by atoms with Crippen molar-refractivity contribution in [2.24, 2.45) is 5.92 Å². The van der Waals surface area contributed by atoms with Crippen LogP contribution in [0.15, 0.2) is 23.1 Å². The van der Waals surface area contributed by atoms with Crippen molar-refractivity contribution in [2.75, 3.05) is 31.2 Å². The third-order valence-electron chi connectivity index (χ3n) is 2.63. The molecule has 0 aliphatic carbocycles. The summed E-state index contributed by atoms with van der Waals surface area (Å²) in [5, 5.41) is 15.8. The molecule has 0 aromatic heterocycles. The van der Waals surface area contributed by atoms with Crippen molar-refractivity contribution in [3.63, 3.8) is 0 Å². The van der Waals surface area contributed by atoms with Crippen LogP contribution in [-0.4, -0.2) is 25.9 Å². The second kappa shape index (κ2) is 8.02. The molecule has 3 nitrogen and oxygen atoms in total. The number of thioether (sulfide) groups is 1. The van der Waals surface area contributed by atoms with Gasteiger partial charge in [0.2, 0.25) is 0 Å². The molecule has 0 spiro atoms. The van der Waals surface area contributed by atoms with E-state index in [2.05, 4.69) is 30.6 Å². The molecule has 0 bridgehead atoms. The van der Waals surface area contributed by atoms with Gasteiger partial charge in [-0.1, -0.05) is 19.9 Å². The largest absolute Gasteiger partial charge is 0.384 e. The monoisotopic (exact) mass is 263 g/mol. The third-order valence-corrected chi connectivity index (χ3v) is 3.57. The van der Waals surface area contributed by atoms with E-state index in [4.69, 9.17) is 0 Å². The van der Waals surface area contributed by atoms with Crippen molar-refractivity contribution in [2.45, 2.75) is 18.7 Å². The fourth-order valence-electron chi connectivity index (χ4n) is 1.77. The molecule has 0 aliphatic heterocycles. The molecule has 0 aliphatic rings. The maximum Gasteiger partial charge on any atom is 0.102 e. The summed E-state index contributed by atoms with van der Waals surface area (Å²) in [5.41, 5.74) is 1.71. The summed E-state index contributed by atoms with van der Waals surface area (Å²) < 4.78 is 0. The highest BCUT2D eigenvalue weighted by Crippen LogP contribution is 2.27. The average Bonchev–Trinajstić information content (AvgIpc) is 2.37. The summed E-state index contributed by atoms with van der Waals surface area (Å²) in [4.78, 5) is 1.06. The van der Waals surface area contributed by atoms with Crippen molar-refractivity contribution in [3.8, 4) is 6.07 Å². The van der Waals surface area contributed by atoms with E-state index in [9.17, 15) is 5.26 Å². The van der Waals surface area contributed by atoms with Crippen LogP contribution >= 0.6 is 11.8 Å². The van der Waals surface area contributed by atoms with Gasteiger partial charge >= 0.3 is 0 Å². The molecule has 0 saturated carbocycles. The van der Waals surface area contributed by atoms with Crippen LogP contribution in [0.4, 0.5) is 5.69 Å². The summed E-state index contributed by atoms with van der Waals surface area (Å²) in [6.45, 7) is 6.12. The minimum Gasteiger partial charge on any atom is -0.384 e. The maximum atomic E-state index is 9.28. The highest BCUT2D eigenvalue weighted by Gasteiger charge is 2.08. The highest BCUT2D eigenvalue weighted by molar-refractivity contribution is 7.99. The normalized spacial score (nSPS) is 11.9. The third kappa shape index (κ3) is 4.25. The Balaban J connectivity index is 2.76. The molecule has 1 aromatic rings. The first-order valence-corrected chi connectivity index (χ1v) is 7.25. The standard InChI is InChI=1S/C14H21N3S/c1-4-18-14-7-5-6-13(12(14)8-15)17-10-11(2)9-16-3/h5-7,11,16-17H,4,9-10H2,1-3H3. The minimum atomic E-state index is 0.532. The van der Waals surface area contributed by atoms with E-state index in [-0.39, 0.29) is 0 Å². The molecule has 1 atom stereocenters. The lowest BCUT2D eigenvalue weighted by molar-refractivity contribution is 0.569. The van der Waals surface area contributed by atoms with Crippen LogP contribution in [0.2, 0.25) is 0 Å². The molecule has 0 saturated heterocycles. The van der Waals surface area contributed by atoms with Crippen LogP contribution in [0.3, 0.4) is 0 Å². The van der Waals surface area contributed by atoms with E-state index < -0.39 is 0 Å². The van der Waals surface area contributed by atoms with E-state index in [1.807, 2.05) is 25.2 Å². The van der Waals surface area contributed by atoms with E-state index in [0.29, 0.717) is 5.92 Å². The summed E-state index contributed by atoms with van der Waals surface area (Å²) in [7, 11) is 1.95. The quantitative estimate of drug-likeness (QED) is 0.743. The lowest BCUT2D eigenvalue weighted by Crippen LogP contribution is -2.23. The Morgan fingerprint density at radius 2 is 2.17 bits per heavy atom. The van der Waals surface area contributed by atoms with Crippen molar-refractivity contribution in [1.82, 2.24) is 5.32 Å². The summed E-state index contributed by atoms with van der Waals surface area (Å²) in [6, 6.07) is 8.30. The lowest BCUT2D eigenvalue weighted by atomic mass is 10.1. The maximum absolute atomic E-state index is 9.28. The molecule has 0 amide bonds. The van der Waals surface area contributed by atoms with E-state index in [1.54, 1.807) is 11.8 Å². The number of hydrogen-bond donors (Lipinski definition) is 2. The fourth-order valence-corrected chi connectivity index (χ4v) is 2.56. The molecule has 98 valence electrons. The molecule has 1 rings (SSSR count). The van der Waals surface area contributed by atoms with Crippen LogP contribution in [-0.2, 0) is 0 Å². The van der Waals surface area contributed by atoms with Crippen LogP contribution in [0.1, 0.15) is 19.4 Å². The molecule has 1 aromatic carbocycles. The van der Waals surface area contributed by atoms with Crippen molar-refractivity contribution >= 4 is 17.4 Å². The Kier molecular flexibility index (Phi) is 6.63. The molecular formula is C14H21N3S. The average molecular weight is 263 g/mol. The van der Waals surface area contributed by atoms with Crippen LogP contribution in [0.5, 0.6) is 0 Å². The molecule has 0 radical (unpaired) electrons. The summed E-state index contributed by atoms with van der Waals surface area (Å²) in [6.07, 6.45) is 0. The van der Waals surface area contributed by atoms with Crippen LogP contribution in [0.25, 0.3) is 0 Å². The predicted octanol–water partition coefficient (Wildman–Crippen LogP) is 2.94. The number of nitriles is 1. The topological polar surface area (TPSA) is 47.8 Å². The Morgan fingerprint density at radius 3 is 2.78 bits per heavy atom. The van der Waals surface area contributed by atoms with Crippen molar-refractivity contribution in [3.05, 3.63) is 23.8 Å². The van der Waals surface area contributed by atoms with Crippen molar-refractivity contribution in [1.29, 1.82) is 5.26 Å². The van der Waals surface area contributed by atoms with Gasteiger partial charge in [0.05, 0.1) is 11.3 Å². The zero-order valence-electron chi connectivity index (χ0n) is 11.3. The molecule has 18 heavy (non-hydrogen) atoms. The number of nitrogens with zero attached hydrogens (tertiary/aromatic N) is 1. The molecule has 0 heterocycles. The number of rotatable bonds is 7. The first kappa shape index (κ1) is 14.9. The zero-order chi connectivity index (χ0) is 13.4. The van der Waals surface area contributed by atoms with Gasteiger partial charge < -0.3 is 10.6 Å². The Bertz CT molecular complexity index is 412. The van der Waals surface area contributed by atoms with E-state index >= 15 is 0 Å². The van der Waals surface area contributed by atoms with E-state index in [0.717, 1.165) is 35.0 Å². The summed E-state index contributed by atoms with van der Waals surface area (Å²) >= 11 is 1.71. The second-order valence-corrected chi connectivity index (χ2v) is 5.57. The van der Waals surface area contributed by atoms with Gasteiger partial charge in [-0.3, -0.25) is 0 Å². The van der Waals surface area contributed by atoms with E-state index in [1.165, 1.54) is 0 Å². The van der Waals surface area contributed by atoms with Gasteiger partial charge in [-0.25, -0.2) is 0 Å². The Labute approximate surface area is 114 Å². The molecule has 4 heteroatoms. The SMILES string of the molecule is CCSc1cccc(NCC(C)CNC)c1C#N. The van der Waals surface area contributed by atoms with Gasteiger partial charge in [-0.2, -0.15) is 5.26 Å². The van der Waals surface area contributed by atoms with Crippen molar-refractivity contribution < 1.29 is 0 Å². The Hall–Kier alpha value is -1.18. The number of anilines is 1. The lowest BCUT2D eigenvalue weighted by Gasteiger charge is -2.15. The molecule has 2 N–H and O–H groups in total. The van der Waals surface area contributed by atoms with Gasteiger partial charge in [0, 0.05) is 11.4 Å². The minimum absolute atomic E-state index is 0.532. The summed E-state index contributed by atoms with van der Waals surface area (Å²) in [5.74, 6) is 1.51. The van der Waals surface area contributed by atoms with Crippen LogP contribution < -0.4 is 10.6 Å². The van der Waals surface area contributed by atoms with Crippen LogP contribution in [0, 0.1) is 17.2 Å². The molecular weight excluding hydrogens is 242 g/mol. The number of benzene rings is 1. The fraction of sp³-hybridized carbons (Fsp3) is 0.500. The van der Waals surface area contributed by atoms with Gasteiger partial charge in [-0.15, -0.1) is 11.8 Å². The number of hydrogen-bond acceptors (Lipinski definition) is 4. The molecule has 0 fully saturated rings. The zero-order valence-corrected chi connectivity index (χ0v) is 12.1. The second-order valence-electron chi connectivity index (χ2n) is 4.27. The number of nitrogens with one attached hydrogen (secondary N) is 2. The highest BCUT2D eigenvalue weighted by atomic mass is 32.2. The van der Waals surface area contributed by atoms with Gasteiger partial charge in [0.15, 0.2) is 0 Å². The van der Waals surface area contributed by atoms with Gasteiger partial charge in [0.25, 0.3) is 0 Å². The van der Waals surface area contributed by atoms with Gasteiger partial charge in [-0.05, 0) is 37.4 Å². The Morgan fingerprint density at radius 1 is 1.39 bits per heavy atom. The smallest absolute Gasteiger partial charge is 0.102 e. The van der Waals surface area contributed by atoms with Gasteiger partial charge in [0.1, 0.15) is 6.07 Å². The first-order chi connectivity index (χ1) is 8.72. The molecule has 1 unspecified atom stereocenters.